The highest BCUT2D eigenvalue weighted by molar-refractivity contribution is 7.98. The molecule has 0 aliphatic heterocycles. The third-order valence-corrected chi connectivity index (χ3v) is 3.84. The van der Waals surface area contributed by atoms with Gasteiger partial charge in [-0.25, -0.2) is 0 Å². The fraction of sp³-hybridized carbons (Fsp3) is 0.235. The van der Waals surface area contributed by atoms with Gasteiger partial charge >= 0.3 is 0 Å². The van der Waals surface area contributed by atoms with Crippen LogP contribution in [-0.4, -0.2) is 18.8 Å². The lowest BCUT2D eigenvalue weighted by molar-refractivity contribution is -0.118. The summed E-state index contributed by atoms with van der Waals surface area (Å²) in [6, 6.07) is 13.7. The highest BCUT2D eigenvalue weighted by Crippen LogP contribution is 2.19. The molecular formula is C17H19NO2S. The monoisotopic (exact) mass is 301 g/mol. The molecule has 0 saturated heterocycles. The summed E-state index contributed by atoms with van der Waals surface area (Å²) in [5, 5.41) is 2.88. The molecule has 0 unspecified atom stereocenters. The summed E-state index contributed by atoms with van der Waals surface area (Å²) in [4.78, 5) is 13.1. The highest BCUT2D eigenvalue weighted by Gasteiger charge is 2.06. The summed E-state index contributed by atoms with van der Waals surface area (Å²) >= 11 is 1.67. The van der Waals surface area contributed by atoms with E-state index in [9.17, 15) is 4.79 Å². The zero-order valence-corrected chi connectivity index (χ0v) is 13.3. The van der Waals surface area contributed by atoms with Crippen LogP contribution in [0.15, 0.2) is 47.4 Å². The van der Waals surface area contributed by atoms with Gasteiger partial charge in [0.1, 0.15) is 5.75 Å². The molecule has 0 aliphatic rings. The molecule has 2 aromatic rings. The van der Waals surface area contributed by atoms with Gasteiger partial charge in [-0.1, -0.05) is 12.1 Å². The van der Waals surface area contributed by atoms with Gasteiger partial charge in [-0.05, 0) is 61.6 Å². The van der Waals surface area contributed by atoms with Crippen LogP contribution in [0.4, 0.5) is 5.69 Å². The number of rotatable bonds is 5. The SMILES string of the molecule is CSc1ccc(OCC(=O)Nc2cc(C)ccc2C)cc1. The summed E-state index contributed by atoms with van der Waals surface area (Å²) in [6.45, 7) is 3.97. The summed E-state index contributed by atoms with van der Waals surface area (Å²) in [5.74, 6) is 0.543. The second kappa shape index (κ2) is 7.18. The van der Waals surface area contributed by atoms with E-state index in [0.29, 0.717) is 5.75 Å². The number of carbonyl (C=O) groups excluding carboxylic acids is 1. The fourth-order valence-corrected chi connectivity index (χ4v) is 2.29. The number of anilines is 1. The van der Waals surface area contributed by atoms with E-state index in [4.69, 9.17) is 4.74 Å². The Morgan fingerprint density at radius 3 is 2.52 bits per heavy atom. The number of amides is 1. The van der Waals surface area contributed by atoms with Gasteiger partial charge in [-0.15, -0.1) is 11.8 Å². The molecule has 2 rings (SSSR count). The van der Waals surface area contributed by atoms with Crippen molar-refractivity contribution < 1.29 is 9.53 Å². The fourth-order valence-electron chi connectivity index (χ4n) is 1.88. The first-order valence-electron chi connectivity index (χ1n) is 6.72. The molecule has 0 heterocycles. The van der Waals surface area contributed by atoms with Gasteiger partial charge in [-0.2, -0.15) is 0 Å². The largest absolute Gasteiger partial charge is 0.484 e. The van der Waals surface area contributed by atoms with Crippen molar-refractivity contribution in [3.8, 4) is 5.75 Å². The van der Waals surface area contributed by atoms with E-state index in [1.54, 1.807) is 11.8 Å². The van der Waals surface area contributed by atoms with Crippen LogP contribution >= 0.6 is 11.8 Å². The minimum absolute atomic E-state index is 0.00595. The summed E-state index contributed by atoms with van der Waals surface area (Å²) in [7, 11) is 0. The van der Waals surface area contributed by atoms with Crippen LogP contribution in [0.2, 0.25) is 0 Å². The van der Waals surface area contributed by atoms with Crippen LogP contribution < -0.4 is 10.1 Å². The quantitative estimate of drug-likeness (QED) is 0.847. The summed E-state index contributed by atoms with van der Waals surface area (Å²) in [6.07, 6.45) is 2.02. The average Bonchev–Trinajstić information content (AvgIpc) is 2.49. The lowest BCUT2D eigenvalue weighted by Crippen LogP contribution is -2.20. The number of thioether (sulfide) groups is 1. The Morgan fingerprint density at radius 1 is 1.14 bits per heavy atom. The number of aryl methyl sites for hydroxylation is 2. The van der Waals surface area contributed by atoms with E-state index in [-0.39, 0.29) is 12.5 Å². The molecule has 0 saturated carbocycles. The normalized spacial score (nSPS) is 10.2. The van der Waals surface area contributed by atoms with Gasteiger partial charge in [-0.3, -0.25) is 4.79 Å². The van der Waals surface area contributed by atoms with Crippen molar-refractivity contribution in [3.63, 3.8) is 0 Å². The molecule has 2 aromatic carbocycles. The minimum atomic E-state index is -0.155. The topological polar surface area (TPSA) is 38.3 Å². The second-order valence-electron chi connectivity index (χ2n) is 4.83. The van der Waals surface area contributed by atoms with Crippen molar-refractivity contribution >= 4 is 23.4 Å². The second-order valence-corrected chi connectivity index (χ2v) is 5.71. The van der Waals surface area contributed by atoms with Crippen molar-refractivity contribution in [2.24, 2.45) is 0 Å². The van der Waals surface area contributed by atoms with Gasteiger partial charge in [0.15, 0.2) is 6.61 Å². The van der Waals surface area contributed by atoms with Crippen molar-refractivity contribution in [1.82, 2.24) is 0 Å². The maximum absolute atomic E-state index is 11.9. The molecule has 1 amide bonds. The van der Waals surface area contributed by atoms with Crippen LogP contribution in [0, 0.1) is 13.8 Å². The van der Waals surface area contributed by atoms with Gasteiger partial charge in [0.05, 0.1) is 0 Å². The third-order valence-electron chi connectivity index (χ3n) is 3.10. The summed E-state index contributed by atoms with van der Waals surface area (Å²) < 4.78 is 5.49. The van der Waals surface area contributed by atoms with Gasteiger partial charge in [0.2, 0.25) is 0 Å². The molecule has 0 aliphatic carbocycles. The van der Waals surface area contributed by atoms with Gasteiger partial charge in [0, 0.05) is 10.6 Å². The van der Waals surface area contributed by atoms with Crippen molar-refractivity contribution in [3.05, 3.63) is 53.6 Å². The first-order chi connectivity index (χ1) is 10.1. The molecule has 0 radical (unpaired) electrons. The first kappa shape index (κ1) is 15.4. The van der Waals surface area contributed by atoms with Crippen LogP contribution in [0.1, 0.15) is 11.1 Å². The standard InChI is InChI=1S/C17H19NO2S/c1-12-4-5-13(2)16(10-12)18-17(19)11-20-14-6-8-15(21-3)9-7-14/h4-10H,11H2,1-3H3,(H,18,19). The molecule has 21 heavy (non-hydrogen) atoms. The van der Waals surface area contributed by atoms with E-state index in [2.05, 4.69) is 5.32 Å². The number of hydrogen-bond acceptors (Lipinski definition) is 3. The lowest BCUT2D eigenvalue weighted by atomic mass is 10.1. The van der Waals surface area contributed by atoms with Crippen molar-refractivity contribution in [2.75, 3.05) is 18.2 Å². The Balaban J connectivity index is 1.91. The smallest absolute Gasteiger partial charge is 0.262 e. The van der Waals surface area contributed by atoms with E-state index >= 15 is 0 Å². The molecule has 0 atom stereocenters. The minimum Gasteiger partial charge on any atom is -0.484 e. The van der Waals surface area contributed by atoms with Crippen molar-refractivity contribution in [2.45, 2.75) is 18.7 Å². The van der Waals surface area contributed by atoms with Crippen molar-refractivity contribution in [1.29, 1.82) is 0 Å². The van der Waals surface area contributed by atoms with Crippen LogP contribution in [0.25, 0.3) is 0 Å². The maximum Gasteiger partial charge on any atom is 0.262 e. The highest BCUT2D eigenvalue weighted by atomic mass is 32.2. The van der Waals surface area contributed by atoms with E-state index < -0.39 is 0 Å². The first-order valence-corrected chi connectivity index (χ1v) is 7.95. The van der Waals surface area contributed by atoms with Crippen LogP contribution in [0.3, 0.4) is 0 Å². The van der Waals surface area contributed by atoms with Crippen LogP contribution in [0.5, 0.6) is 5.75 Å². The average molecular weight is 301 g/mol. The Labute approximate surface area is 129 Å². The number of ether oxygens (including phenoxy) is 1. The Hall–Kier alpha value is -1.94. The molecular weight excluding hydrogens is 282 g/mol. The maximum atomic E-state index is 11.9. The summed E-state index contributed by atoms with van der Waals surface area (Å²) in [5.41, 5.74) is 2.99. The number of carbonyl (C=O) groups is 1. The number of nitrogens with one attached hydrogen (secondary N) is 1. The molecule has 1 N–H and O–H groups in total. The zero-order chi connectivity index (χ0) is 15.2. The van der Waals surface area contributed by atoms with E-state index in [1.165, 1.54) is 4.90 Å². The predicted molar refractivity (Wildman–Crippen MR) is 88.3 cm³/mol. The Bertz CT molecular complexity index is 623. The Kier molecular flexibility index (Phi) is 5.28. The Morgan fingerprint density at radius 2 is 1.86 bits per heavy atom. The van der Waals surface area contributed by atoms with Crippen LogP contribution in [-0.2, 0) is 4.79 Å². The lowest BCUT2D eigenvalue weighted by Gasteiger charge is -2.10. The predicted octanol–water partition coefficient (Wildman–Crippen LogP) is 4.04. The third kappa shape index (κ3) is 4.53. The molecule has 0 bridgehead atoms. The number of hydrogen-bond donors (Lipinski definition) is 1. The molecule has 0 spiro atoms. The van der Waals surface area contributed by atoms with E-state index in [0.717, 1.165) is 16.8 Å². The molecule has 0 aromatic heterocycles. The molecule has 3 nitrogen and oxygen atoms in total. The van der Waals surface area contributed by atoms with E-state index in [1.807, 2.05) is 62.6 Å². The molecule has 0 fully saturated rings. The number of benzene rings is 2. The zero-order valence-electron chi connectivity index (χ0n) is 12.5. The van der Waals surface area contributed by atoms with Gasteiger partial charge in [0.25, 0.3) is 5.91 Å². The van der Waals surface area contributed by atoms with Gasteiger partial charge < -0.3 is 10.1 Å². The molecule has 110 valence electrons. The molecule has 4 heteroatoms.